The van der Waals surface area contributed by atoms with E-state index < -0.39 is 0 Å². The quantitative estimate of drug-likeness (QED) is 0.560. The second kappa shape index (κ2) is 3.10. The molecular weight excluding hydrogens is 168 g/mol. The smallest absolute Gasteiger partial charge is 0.148 e. The van der Waals surface area contributed by atoms with E-state index >= 15 is 0 Å². The van der Waals surface area contributed by atoms with Gasteiger partial charge in [0.05, 0.1) is 0 Å². The van der Waals surface area contributed by atoms with Gasteiger partial charge in [0.25, 0.3) is 0 Å². The normalized spacial score (nSPS) is 25.2. The van der Waals surface area contributed by atoms with Crippen molar-refractivity contribution in [3.63, 3.8) is 0 Å². The highest BCUT2D eigenvalue weighted by Crippen LogP contribution is 2.47. The summed E-state index contributed by atoms with van der Waals surface area (Å²) in [5, 5.41) is 8.62. The minimum absolute atomic E-state index is 0.125. The van der Waals surface area contributed by atoms with Crippen LogP contribution in [-0.2, 0) is 9.62 Å². The Morgan fingerprint density at radius 2 is 2.00 bits per heavy atom. The Labute approximate surface area is 76.8 Å². The predicted molar refractivity (Wildman–Crippen MR) is 47.4 cm³/mol. The lowest BCUT2D eigenvalue weighted by atomic mass is 9.81. The summed E-state index contributed by atoms with van der Waals surface area (Å²) in [4.78, 5) is 4.33. The molecule has 2 unspecified atom stereocenters. The number of methoxy groups -OCH3 is 1. The topological polar surface area (TPSA) is 38.7 Å². The number of hydrogen-bond acceptors (Lipinski definition) is 3. The Bertz CT molecular complexity index is 322. The van der Waals surface area contributed by atoms with Crippen LogP contribution in [-0.4, -0.2) is 12.4 Å². The number of rotatable bonds is 2. The number of benzene rings is 1. The van der Waals surface area contributed by atoms with Crippen LogP contribution in [0.5, 0.6) is 0 Å². The van der Waals surface area contributed by atoms with Crippen LogP contribution in [0, 0.1) is 6.92 Å². The third kappa shape index (κ3) is 1.16. The highest BCUT2D eigenvalue weighted by atomic mass is 17.1. The first-order valence-corrected chi connectivity index (χ1v) is 4.21. The van der Waals surface area contributed by atoms with Gasteiger partial charge in [-0.2, -0.15) is 0 Å². The van der Waals surface area contributed by atoms with E-state index in [-0.39, 0.29) is 12.2 Å². The lowest BCUT2D eigenvalue weighted by molar-refractivity contribution is -0.313. The molecule has 70 valence electrons. The van der Waals surface area contributed by atoms with Gasteiger partial charge in [0.15, 0.2) is 0 Å². The highest BCUT2D eigenvalue weighted by molar-refractivity contribution is 5.43. The van der Waals surface area contributed by atoms with Gasteiger partial charge >= 0.3 is 0 Å². The van der Waals surface area contributed by atoms with Gasteiger partial charge < -0.3 is 4.74 Å². The van der Waals surface area contributed by atoms with Crippen molar-refractivity contribution in [1.82, 2.24) is 0 Å². The maximum absolute atomic E-state index is 8.62. The molecule has 0 spiro atoms. The molecule has 1 aromatic carbocycles. The Balaban J connectivity index is 2.37. The van der Waals surface area contributed by atoms with Gasteiger partial charge in [0.2, 0.25) is 0 Å². The van der Waals surface area contributed by atoms with Crippen molar-refractivity contribution in [3.05, 3.63) is 34.9 Å². The fraction of sp³-hybridized carbons (Fsp3) is 0.400. The molecular formula is C10H12O3. The maximum atomic E-state index is 8.62. The SMILES string of the molecule is COC1c2cc(C)ccc2C1OO. The lowest BCUT2D eigenvalue weighted by Crippen LogP contribution is -2.27. The minimum atomic E-state index is -0.319. The van der Waals surface area contributed by atoms with Crippen LogP contribution in [0.2, 0.25) is 0 Å². The van der Waals surface area contributed by atoms with Gasteiger partial charge in [-0.3, -0.25) is 5.26 Å². The largest absolute Gasteiger partial charge is 0.374 e. The summed E-state index contributed by atoms with van der Waals surface area (Å²) < 4.78 is 5.19. The molecule has 1 aromatic rings. The molecule has 0 aliphatic heterocycles. The lowest BCUT2D eigenvalue weighted by Gasteiger charge is -2.35. The number of hydrogen-bond donors (Lipinski definition) is 1. The predicted octanol–water partition coefficient (Wildman–Crippen LogP) is 2.23. The summed E-state index contributed by atoms with van der Waals surface area (Å²) in [5.41, 5.74) is 3.32. The summed E-state index contributed by atoms with van der Waals surface area (Å²) in [6, 6.07) is 6.01. The zero-order chi connectivity index (χ0) is 9.42. The zero-order valence-electron chi connectivity index (χ0n) is 7.65. The second-order valence-electron chi connectivity index (χ2n) is 3.31. The molecule has 1 aliphatic rings. The van der Waals surface area contributed by atoms with E-state index in [4.69, 9.17) is 9.99 Å². The molecule has 0 saturated carbocycles. The van der Waals surface area contributed by atoms with Crippen molar-refractivity contribution in [3.8, 4) is 0 Å². The molecule has 0 aromatic heterocycles. The Morgan fingerprint density at radius 1 is 1.23 bits per heavy atom. The van der Waals surface area contributed by atoms with Gasteiger partial charge in [0.1, 0.15) is 12.2 Å². The molecule has 2 rings (SSSR count). The number of ether oxygens (including phenoxy) is 1. The van der Waals surface area contributed by atoms with E-state index in [1.54, 1.807) is 7.11 Å². The average molecular weight is 180 g/mol. The summed E-state index contributed by atoms with van der Waals surface area (Å²) in [5.74, 6) is 0. The second-order valence-corrected chi connectivity index (χ2v) is 3.31. The average Bonchev–Trinajstić information content (AvgIpc) is 2.11. The first-order valence-electron chi connectivity index (χ1n) is 4.21. The molecule has 1 aliphatic carbocycles. The van der Waals surface area contributed by atoms with E-state index in [1.807, 2.05) is 19.1 Å². The highest BCUT2D eigenvalue weighted by Gasteiger charge is 2.39. The van der Waals surface area contributed by atoms with Crippen LogP contribution in [0.25, 0.3) is 0 Å². The van der Waals surface area contributed by atoms with Crippen LogP contribution >= 0.6 is 0 Å². The summed E-state index contributed by atoms with van der Waals surface area (Å²) in [6.07, 6.45) is -0.444. The molecule has 1 N–H and O–H groups in total. The van der Waals surface area contributed by atoms with Gasteiger partial charge in [-0.25, -0.2) is 4.89 Å². The third-order valence-electron chi connectivity index (χ3n) is 2.50. The standard InChI is InChI=1S/C10H12O3/c1-6-3-4-7-8(5-6)9(12-2)10(7)13-11/h3-5,9-11H,1-2H3. The monoisotopic (exact) mass is 180 g/mol. The summed E-state index contributed by atoms with van der Waals surface area (Å²) in [7, 11) is 1.61. The van der Waals surface area contributed by atoms with Crippen LogP contribution in [0.15, 0.2) is 18.2 Å². The Morgan fingerprint density at radius 3 is 2.62 bits per heavy atom. The van der Waals surface area contributed by atoms with Crippen molar-refractivity contribution in [2.24, 2.45) is 0 Å². The van der Waals surface area contributed by atoms with Gasteiger partial charge in [-0.1, -0.05) is 23.8 Å². The van der Waals surface area contributed by atoms with Crippen LogP contribution in [0.1, 0.15) is 28.9 Å². The van der Waals surface area contributed by atoms with Crippen molar-refractivity contribution in [1.29, 1.82) is 0 Å². The van der Waals surface area contributed by atoms with E-state index in [0.717, 1.165) is 11.1 Å². The Kier molecular flexibility index (Phi) is 2.07. The van der Waals surface area contributed by atoms with E-state index in [2.05, 4.69) is 11.0 Å². The summed E-state index contributed by atoms with van der Waals surface area (Å²) >= 11 is 0. The molecule has 0 saturated heterocycles. The molecule has 3 nitrogen and oxygen atoms in total. The maximum Gasteiger partial charge on any atom is 0.148 e. The molecule has 3 heteroatoms. The van der Waals surface area contributed by atoms with E-state index in [1.165, 1.54) is 5.56 Å². The fourth-order valence-electron chi connectivity index (χ4n) is 1.79. The van der Waals surface area contributed by atoms with Crippen LogP contribution < -0.4 is 0 Å². The molecule has 13 heavy (non-hydrogen) atoms. The van der Waals surface area contributed by atoms with Crippen LogP contribution in [0.4, 0.5) is 0 Å². The molecule has 0 radical (unpaired) electrons. The molecule has 0 amide bonds. The first-order chi connectivity index (χ1) is 6.27. The molecule has 0 bridgehead atoms. The molecule has 0 heterocycles. The molecule has 0 fully saturated rings. The van der Waals surface area contributed by atoms with Gasteiger partial charge in [-0.05, 0) is 18.1 Å². The van der Waals surface area contributed by atoms with Crippen LogP contribution in [0.3, 0.4) is 0 Å². The fourth-order valence-corrected chi connectivity index (χ4v) is 1.79. The van der Waals surface area contributed by atoms with Gasteiger partial charge in [-0.15, -0.1) is 0 Å². The zero-order valence-corrected chi connectivity index (χ0v) is 7.65. The van der Waals surface area contributed by atoms with Crippen molar-refractivity contribution in [2.45, 2.75) is 19.1 Å². The van der Waals surface area contributed by atoms with Crippen molar-refractivity contribution >= 4 is 0 Å². The number of fused-ring (bicyclic) bond motifs is 1. The first kappa shape index (κ1) is 8.69. The molecule has 2 atom stereocenters. The number of aryl methyl sites for hydroxylation is 1. The van der Waals surface area contributed by atoms with E-state index in [9.17, 15) is 0 Å². The third-order valence-corrected chi connectivity index (χ3v) is 2.50. The van der Waals surface area contributed by atoms with E-state index in [0.29, 0.717) is 0 Å². The summed E-state index contributed by atoms with van der Waals surface area (Å²) in [6.45, 7) is 2.03. The van der Waals surface area contributed by atoms with Crippen molar-refractivity contribution in [2.75, 3.05) is 7.11 Å². The Hall–Kier alpha value is -0.900. The van der Waals surface area contributed by atoms with Crippen molar-refractivity contribution < 1.29 is 14.9 Å². The minimum Gasteiger partial charge on any atom is -0.374 e. The van der Waals surface area contributed by atoms with Gasteiger partial charge in [0, 0.05) is 7.11 Å².